The Morgan fingerprint density at radius 3 is 2.35 bits per heavy atom. The van der Waals surface area contributed by atoms with E-state index in [9.17, 15) is 5.11 Å². The van der Waals surface area contributed by atoms with Gasteiger partial charge >= 0.3 is 0 Å². The molecule has 1 N–H and O–H groups in total. The summed E-state index contributed by atoms with van der Waals surface area (Å²) >= 11 is 0. The molecule has 2 nitrogen and oxygen atoms in total. The zero-order chi connectivity index (χ0) is 14.7. The number of ether oxygens (including phenoxy) is 1. The van der Waals surface area contributed by atoms with Gasteiger partial charge in [0, 0.05) is 5.56 Å². The number of hydrogen-bond acceptors (Lipinski definition) is 2. The van der Waals surface area contributed by atoms with E-state index in [0.717, 1.165) is 16.9 Å². The van der Waals surface area contributed by atoms with E-state index in [4.69, 9.17) is 4.74 Å². The van der Waals surface area contributed by atoms with E-state index in [1.54, 1.807) is 6.92 Å². The maximum absolute atomic E-state index is 9.84. The summed E-state index contributed by atoms with van der Waals surface area (Å²) in [7, 11) is 0. The number of rotatable bonds is 4. The summed E-state index contributed by atoms with van der Waals surface area (Å²) in [5.41, 5.74) is 5.60. The van der Waals surface area contributed by atoms with Crippen LogP contribution in [0.25, 0.3) is 0 Å². The highest BCUT2D eigenvalue weighted by atomic mass is 16.5. The lowest BCUT2D eigenvalue weighted by atomic mass is 10.1. The van der Waals surface area contributed by atoms with Crippen molar-refractivity contribution in [1.29, 1.82) is 0 Å². The molecular weight excluding hydrogens is 248 g/mol. The molecule has 0 aliphatic carbocycles. The SMILES string of the molecule is Cc1ccc(C)c(COc2ccc(C)cc2C(C)O)c1. The molecular formula is C18H22O2. The Balaban J connectivity index is 2.20. The zero-order valence-electron chi connectivity index (χ0n) is 12.6. The van der Waals surface area contributed by atoms with Crippen LogP contribution >= 0.6 is 0 Å². The largest absolute Gasteiger partial charge is 0.489 e. The van der Waals surface area contributed by atoms with E-state index in [1.807, 2.05) is 25.1 Å². The quantitative estimate of drug-likeness (QED) is 0.900. The number of aryl methyl sites for hydroxylation is 3. The average molecular weight is 270 g/mol. The number of hydrogen-bond donors (Lipinski definition) is 1. The first-order valence-electron chi connectivity index (χ1n) is 6.95. The Labute approximate surface area is 121 Å². The molecule has 1 atom stereocenters. The van der Waals surface area contributed by atoms with Gasteiger partial charge in [-0.25, -0.2) is 0 Å². The molecule has 1 unspecified atom stereocenters. The first-order valence-corrected chi connectivity index (χ1v) is 6.95. The smallest absolute Gasteiger partial charge is 0.125 e. The second-order valence-electron chi connectivity index (χ2n) is 5.44. The van der Waals surface area contributed by atoms with Crippen molar-refractivity contribution in [1.82, 2.24) is 0 Å². The fraction of sp³-hybridized carbons (Fsp3) is 0.333. The molecule has 0 spiro atoms. The molecule has 20 heavy (non-hydrogen) atoms. The summed E-state index contributed by atoms with van der Waals surface area (Å²) in [4.78, 5) is 0. The van der Waals surface area contributed by atoms with Crippen molar-refractivity contribution in [3.8, 4) is 5.75 Å². The fourth-order valence-electron chi connectivity index (χ4n) is 2.24. The van der Waals surface area contributed by atoms with Gasteiger partial charge in [-0.3, -0.25) is 0 Å². The number of aliphatic hydroxyl groups excluding tert-OH is 1. The van der Waals surface area contributed by atoms with Crippen LogP contribution in [0.15, 0.2) is 36.4 Å². The van der Waals surface area contributed by atoms with Gasteiger partial charge in [0.2, 0.25) is 0 Å². The third-order valence-corrected chi connectivity index (χ3v) is 3.50. The molecule has 0 aliphatic heterocycles. The van der Waals surface area contributed by atoms with Crippen molar-refractivity contribution >= 4 is 0 Å². The first-order chi connectivity index (χ1) is 9.47. The third kappa shape index (κ3) is 3.40. The van der Waals surface area contributed by atoms with E-state index in [-0.39, 0.29) is 0 Å². The van der Waals surface area contributed by atoms with E-state index in [2.05, 4.69) is 32.0 Å². The van der Waals surface area contributed by atoms with Crippen LogP contribution in [-0.2, 0) is 6.61 Å². The molecule has 0 aliphatic rings. The highest BCUT2D eigenvalue weighted by molar-refractivity contribution is 5.39. The van der Waals surface area contributed by atoms with E-state index in [1.165, 1.54) is 16.7 Å². The molecule has 0 fully saturated rings. The summed E-state index contributed by atoms with van der Waals surface area (Å²) in [6.07, 6.45) is -0.525. The molecule has 2 aromatic carbocycles. The van der Waals surface area contributed by atoms with E-state index in [0.29, 0.717) is 6.61 Å². The molecule has 2 rings (SSSR count). The molecule has 2 aromatic rings. The van der Waals surface area contributed by atoms with Crippen LogP contribution in [0.5, 0.6) is 5.75 Å². The van der Waals surface area contributed by atoms with Crippen molar-refractivity contribution < 1.29 is 9.84 Å². The van der Waals surface area contributed by atoms with Crippen LogP contribution in [0, 0.1) is 20.8 Å². The van der Waals surface area contributed by atoms with Gasteiger partial charge in [0.15, 0.2) is 0 Å². The summed E-state index contributed by atoms with van der Waals surface area (Å²) < 4.78 is 5.92. The van der Waals surface area contributed by atoms with Gasteiger partial charge in [0.05, 0.1) is 6.10 Å². The van der Waals surface area contributed by atoms with Crippen LogP contribution in [0.1, 0.15) is 40.8 Å². The van der Waals surface area contributed by atoms with Crippen molar-refractivity contribution in [2.24, 2.45) is 0 Å². The van der Waals surface area contributed by atoms with Gasteiger partial charge in [-0.2, -0.15) is 0 Å². The highest BCUT2D eigenvalue weighted by Crippen LogP contribution is 2.27. The normalized spacial score (nSPS) is 12.2. The molecule has 0 saturated heterocycles. The Bertz CT molecular complexity index is 600. The van der Waals surface area contributed by atoms with Crippen molar-refractivity contribution in [2.45, 2.75) is 40.4 Å². The minimum atomic E-state index is -0.525. The molecule has 0 saturated carbocycles. The van der Waals surface area contributed by atoms with E-state index >= 15 is 0 Å². The first kappa shape index (κ1) is 14.6. The second-order valence-corrected chi connectivity index (χ2v) is 5.44. The fourth-order valence-corrected chi connectivity index (χ4v) is 2.24. The molecule has 0 heterocycles. The summed E-state index contributed by atoms with van der Waals surface area (Å²) in [6.45, 7) is 8.47. The Kier molecular flexibility index (Phi) is 4.46. The predicted octanol–water partition coefficient (Wildman–Crippen LogP) is 4.24. The molecule has 2 heteroatoms. The van der Waals surface area contributed by atoms with Gasteiger partial charge in [-0.15, -0.1) is 0 Å². The van der Waals surface area contributed by atoms with Crippen LogP contribution in [0.4, 0.5) is 0 Å². The Morgan fingerprint density at radius 2 is 1.65 bits per heavy atom. The highest BCUT2D eigenvalue weighted by Gasteiger charge is 2.10. The summed E-state index contributed by atoms with van der Waals surface area (Å²) in [5, 5.41) is 9.84. The number of benzene rings is 2. The van der Waals surface area contributed by atoms with Crippen LogP contribution < -0.4 is 4.74 Å². The maximum Gasteiger partial charge on any atom is 0.125 e. The van der Waals surface area contributed by atoms with Gasteiger partial charge < -0.3 is 9.84 Å². The lowest BCUT2D eigenvalue weighted by Crippen LogP contribution is -2.03. The van der Waals surface area contributed by atoms with Crippen molar-refractivity contribution in [3.63, 3.8) is 0 Å². The van der Waals surface area contributed by atoms with E-state index < -0.39 is 6.10 Å². The Morgan fingerprint density at radius 1 is 1.00 bits per heavy atom. The lowest BCUT2D eigenvalue weighted by Gasteiger charge is -2.15. The monoisotopic (exact) mass is 270 g/mol. The van der Waals surface area contributed by atoms with Crippen molar-refractivity contribution in [3.05, 3.63) is 64.2 Å². The van der Waals surface area contributed by atoms with Gasteiger partial charge in [0.1, 0.15) is 12.4 Å². The lowest BCUT2D eigenvalue weighted by molar-refractivity contribution is 0.190. The second kappa shape index (κ2) is 6.10. The molecule has 0 bridgehead atoms. The van der Waals surface area contributed by atoms with Gasteiger partial charge in [0.25, 0.3) is 0 Å². The van der Waals surface area contributed by atoms with Crippen LogP contribution in [0.2, 0.25) is 0 Å². The maximum atomic E-state index is 9.84. The van der Waals surface area contributed by atoms with Crippen LogP contribution in [-0.4, -0.2) is 5.11 Å². The molecule has 0 aromatic heterocycles. The predicted molar refractivity (Wildman–Crippen MR) is 82.1 cm³/mol. The van der Waals surface area contributed by atoms with Crippen LogP contribution in [0.3, 0.4) is 0 Å². The van der Waals surface area contributed by atoms with Gasteiger partial charge in [-0.05, 0) is 51.0 Å². The molecule has 106 valence electrons. The standard InChI is InChI=1S/C18H22O2/c1-12-5-7-14(3)16(9-12)11-20-18-8-6-13(2)10-17(18)15(4)19/h5-10,15,19H,11H2,1-4H3. The van der Waals surface area contributed by atoms with Crippen molar-refractivity contribution in [2.75, 3.05) is 0 Å². The topological polar surface area (TPSA) is 29.5 Å². The zero-order valence-corrected chi connectivity index (χ0v) is 12.6. The summed E-state index contributed by atoms with van der Waals surface area (Å²) in [5.74, 6) is 0.756. The van der Waals surface area contributed by atoms with Gasteiger partial charge in [-0.1, -0.05) is 35.4 Å². The number of aliphatic hydroxyl groups is 1. The average Bonchev–Trinajstić information content (AvgIpc) is 2.40. The minimum absolute atomic E-state index is 0.524. The Hall–Kier alpha value is -1.80. The summed E-state index contributed by atoms with van der Waals surface area (Å²) in [6, 6.07) is 12.3. The molecule has 0 amide bonds. The minimum Gasteiger partial charge on any atom is -0.489 e. The molecule has 0 radical (unpaired) electrons. The third-order valence-electron chi connectivity index (χ3n) is 3.50.